The third-order valence-electron chi connectivity index (χ3n) is 4.47. The lowest BCUT2D eigenvalue weighted by atomic mass is 10.1. The van der Waals surface area contributed by atoms with E-state index in [4.69, 9.17) is 0 Å². The van der Waals surface area contributed by atoms with E-state index in [1.165, 1.54) is 0 Å². The van der Waals surface area contributed by atoms with Gasteiger partial charge in [-0.2, -0.15) is 0 Å². The van der Waals surface area contributed by atoms with Crippen LogP contribution in [0.25, 0.3) is 11.0 Å². The summed E-state index contributed by atoms with van der Waals surface area (Å²) in [4.78, 5) is 32.8. The Morgan fingerprint density at radius 2 is 1.79 bits per heavy atom. The minimum absolute atomic E-state index is 0.0125. The number of amides is 2. The second kappa shape index (κ2) is 6.63. The van der Waals surface area contributed by atoms with Crippen molar-refractivity contribution in [2.75, 3.05) is 26.2 Å². The van der Waals surface area contributed by atoms with Crippen molar-refractivity contribution in [1.82, 2.24) is 19.4 Å². The molecule has 6 heteroatoms. The lowest BCUT2D eigenvalue weighted by Gasteiger charge is -2.35. The maximum atomic E-state index is 12.7. The predicted molar refractivity (Wildman–Crippen MR) is 92.7 cm³/mol. The molecule has 1 aliphatic rings. The van der Waals surface area contributed by atoms with Crippen molar-refractivity contribution in [2.24, 2.45) is 13.0 Å². The molecule has 24 heavy (non-hydrogen) atoms. The number of carbonyl (C=O) groups is 2. The fraction of sp³-hybridized carbons (Fsp3) is 0.500. The summed E-state index contributed by atoms with van der Waals surface area (Å²) in [7, 11) is 1.93. The van der Waals surface area contributed by atoms with Gasteiger partial charge in [0.25, 0.3) is 5.91 Å². The Morgan fingerprint density at radius 1 is 1.12 bits per heavy atom. The average molecular weight is 328 g/mol. The van der Waals surface area contributed by atoms with Crippen LogP contribution in [-0.4, -0.2) is 57.3 Å². The van der Waals surface area contributed by atoms with E-state index in [-0.39, 0.29) is 11.8 Å². The van der Waals surface area contributed by atoms with E-state index >= 15 is 0 Å². The van der Waals surface area contributed by atoms with E-state index in [0.717, 1.165) is 11.0 Å². The van der Waals surface area contributed by atoms with E-state index in [9.17, 15) is 9.59 Å². The second-order valence-electron chi connectivity index (χ2n) is 6.83. The number of carbonyl (C=O) groups excluding carboxylic acids is 2. The number of aromatic nitrogens is 2. The molecule has 128 valence electrons. The molecule has 0 N–H and O–H groups in total. The monoisotopic (exact) mass is 328 g/mol. The highest BCUT2D eigenvalue weighted by Gasteiger charge is 2.25. The quantitative estimate of drug-likeness (QED) is 0.865. The normalized spacial score (nSPS) is 15.3. The Labute approximate surface area is 142 Å². The van der Waals surface area contributed by atoms with Crippen LogP contribution in [0.5, 0.6) is 0 Å². The highest BCUT2D eigenvalue weighted by Crippen LogP contribution is 2.17. The molecule has 0 atom stereocenters. The van der Waals surface area contributed by atoms with Crippen LogP contribution in [0, 0.1) is 5.92 Å². The first-order valence-corrected chi connectivity index (χ1v) is 8.44. The van der Waals surface area contributed by atoms with Gasteiger partial charge < -0.3 is 14.4 Å². The fourth-order valence-electron chi connectivity index (χ4n) is 3.09. The van der Waals surface area contributed by atoms with Gasteiger partial charge in [0.05, 0.1) is 17.4 Å². The van der Waals surface area contributed by atoms with Crippen LogP contribution in [0.4, 0.5) is 0 Å². The van der Waals surface area contributed by atoms with Gasteiger partial charge in [0.15, 0.2) is 0 Å². The van der Waals surface area contributed by atoms with Crippen molar-refractivity contribution in [3.05, 3.63) is 30.1 Å². The predicted octanol–water partition coefficient (Wildman–Crippen LogP) is 1.90. The van der Waals surface area contributed by atoms with Crippen molar-refractivity contribution in [3.8, 4) is 0 Å². The average Bonchev–Trinajstić information content (AvgIpc) is 2.94. The van der Waals surface area contributed by atoms with Crippen molar-refractivity contribution < 1.29 is 9.59 Å². The Morgan fingerprint density at radius 3 is 2.46 bits per heavy atom. The molecule has 0 unspecified atom stereocenters. The van der Waals surface area contributed by atoms with Crippen molar-refractivity contribution >= 4 is 22.8 Å². The summed E-state index contributed by atoms with van der Waals surface area (Å²) in [5.41, 5.74) is 2.49. The highest BCUT2D eigenvalue weighted by atomic mass is 16.2. The van der Waals surface area contributed by atoms with E-state index < -0.39 is 0 Å². The third kappa shape index (κ3) is 3.27. The Balaban J connectivity index is 1.65. The molecule has 1 fully saturated rings. The van der Waals surface area contributed by atoms with Crippen LogP contribution in [0.1, 0.15) is 30.6 Å². The first kappa shape index (κ1) is 16.5. The SMILES string of the molecule is CC(C)CC(=O)N1CCN(C(=O)c2ccc3c(c2)ncn3C)CC1. The summed E-state index contributed by atoms with van der Waals surface area (Å²) in [6.45, 7) is 6.50. The van der Waals surface area contributed by atoms with Crippen LogP contribution in [0.15, 0.2) is 24.5 Å². The minimum atomic E-state index is 0.0125. The van der Waals surface area contributed by atoms with Crippen molar-refractivity contribution in [3.63, 3.8) is 0 Å². The number of benzene rings is 1. The van der Waals surface area contributed by atoms with Gasteiger partial charge in [-0.25, -0.2) is 4.98 Å². The molecule has 2 amide bonds. The molecular formula is C18H24N4O2. The number of nitrogens with zero attached hydrogens (tertiary/aromatic N) is 4. The fourth-order valence-corrected chi connectivity index (χ4v) is 3.09. The van der Waals surface area contributed by atoms with Crippen LogP contribution in [-0.2, 0) is 11.8 Å². The van der Waals surface area contributed by atoms with E-state index in [1.807, 2.05) is 53.5 Å². The van der Waals surface area contributed by atoms with Gasteiger partial charge >= 0.3 is 0 Å². The van der Waals surface area contributed by atoms with Gasteiger partial charge in [0, 0.05) is 45.2 Å². The van der Waals surface area contributed by atoms with Gasteiger partial charge in [0.2, 0.25) is 5.91 Å². The summed E-state index contributed by atoms with van der Waals surface area (Å²) < 4.78 is 1.93. The molecule has 6 nitrogen and oxygen atoms in total. The van der Waals surface area contributed by atoms with Crippen LogP contribution < -0.4 is 0 Å². The molecule has 3 rings (SSSR count). The molecule has 1 aromatic carbocycles. The molecule has 0 aliphatic carbocycles. The van der Waals surface area contributed by atoms with Crippen molar-refractivity contribution in [2.45, 2.75) is 20.3 Å². The largest absolute Gasteiger partial charge is 0.339 e. The number of hydrogen-bond acceptors (Lipinski definition) is 3. The molecule has 2 aromatic rings. The summed E-state index contributed by atoms with van der Waals surface area (Å²) in [6, 6.07) is 5.62. The lowest BCUT2D eigenvalue weighted by Crippen LogP contribution is -2.50. The van der Waals surface area contributed by atoms with Gasteiger partial charge in [-0.3, -0.25) is 9.59 Å². The number of fused-ring (bicyclic) bond motifs is 1. The van der Waals surface area contributed by atoms with Gasteiger partial charge in [-0.1, -0.05) is 13.8 Å². The third-order valence-corrected chi connectivity index (χ3v) is 4.47. The molecule has 0 spiro atoms. The smallest absolute Gasteiger partial charge is 0.254 e. The Kier molecular flexibility index (Phi) is 4.55. The summed E-state index contributed by atoms with van der Waals surface area (Å²) in [5.74, 6) is 0.563. The molecule has 2 heterocycles. The highest BCUT2D eigenvalue weighted by molar-refractivity contribution is 5.97. The molecule has 1 saturated heterocycles. The Bertz CT molecular complexity index is 757. The number of imidazole rings is 1. The van der Waals surface area contributed by atoms with Crippen LogP contribution in [0.3, 0.4) is 0 Å². The molecule has 0 bridgehead atoms. The molecule has 0 radical (unpaired) electrons. The van der Waals surface area contributed by atoms with Crippen molar-refractivity contribution in [1.29, 1.82) is 0 Å². The van der Waals surface area contributed by atoms with E-state index in [0.29, 0.717) is 44.1 Å². The summed E-state index contributed by atoms with van der Waals surface area (Å²) >= 11 is 0. The van der Waals surface area contributed by atoms with Crippen LogP contribution in [0.2, 0.25) is 0 Å². The maximum absolute atomic E-state index is 12.7. The lowest BCUT2D eigenvalue weighted by molar-refractivity contribution is -0.133. The molecular weight excluding hydrogens is 304 g/mol. The second-order valence-corrected chi connectivity index (χ2v) is 6.83. The number of rotatable bonds is 3. The summed E-state index contributed by atoms with van der Waals surface area (Å²) in [5, 5.41) is 0. The number of piperazine rings is 1. The molecule has 0 saturated carbocycles. The maximum Gasteiger partial charge on any atom is 0.254 e. The standard InChI is InChI=1S/C18H24N4O2/c1-13(2)10-17(23)21-6-8-22(9-7-21)18(24)14-4-5-16-15(11-14)19-12-20(16)3/h4-5,11-13H,6-10H2,1-3H3. The van der Waals surface area contributed by atoms with E-state index in [1.54, 1.807) is 6.33 Å². The number of hydrogen-bond donors (Lipinski definition) is 0. The summed E-state index contributed by atoms with van der Waals surface area (Å²) in [6.07, 6.45) is 2.32. The molecule has 1 aromatic heterocycles. The zero-order valence-corrected chi connectivity index (χ0v) is 14.5. The topological polar surface area (TPSA) is 58.4 Å². The zero-order valence-electron chi connectivity index (χ0n) is 14.5. The Hall–Kier alpha value is -2.37. The van der Waals surface area contributed by atoms with Gasteiger partial charge in [-0.15, -0.1) is 0 Å². The minimum Gasteiger partial charge on any atom is -0.339 e. The zero-order chi connectivity index (χ0) is 17.3. The molecule has 1 aliphatic heterocycles. The number of aryl methyl sites for hydroxylation is 1. The first-order valence-electron chi connectivity index (χ1n) is 8.44. The van der Waals surface area contributed by atoms with E-state index in [2.05, 4.69) is 4.98 Å². The first-order chi connectivity index (χ1) is 11.5. The van der Waals surface area contributed by atoms with Crippen LogP contribution >= 0.6 is 0 Å². The van der Waals surface area contributed by atoms with Gasteiger partial charge in [0.1, 0.15) is 0 Å². The van der Waals surface area contributed by atoms with Gasteiger partial charge in [-0.05, 0) is 24.1 Å².